The topological polar surface area (TPSA) is 126 Å². The summed E-state index contributed by atoms with van der Waals surface area (Å²) in [6, 6.07) is 8.62. The largest absolute Gasteiger partial charge is 0.505 e. The van der Waals surface area contributed by atoms with E-state index in [4.69, 9.17) is 19.4 Å². The minimum Gasteiger partial charge on any atom is -0.505 e. The van der Waals surface area contributed by atoms with Crippen LogP contribution in [0.3, 0.4) is 0 Å². The van der Waals surface area contributed by atoms with E-state index in [0.29, 0.717) is 42.0 Å². The van der Waals surface area contributed by atoms with Crippen molar-refractivity contribution in [1.82, 2.24) is 5.48 Å². The van der Waals surface area contributed by atoms with Crippen molar-refractivity contribution in [2.75, 3.05) is 12.1 Å². The number of rotatable bonds is 8. The first-order chi connectivity index (χ1) is 15.0. The Bertz CT molecular complexity index is 980. The Morgan fingerprint density at radius 1 is 1.19 bits per heavy atom. The number of unbranched alkanes of at least 4 members (excludes halogenated alkanes) is 1. The summed E-state index contributed by atoms with van der Waals surface area (Å²) in [4.78, 5) is 23.4. The molecule has 0 saturated heterocycles. The molecule has 1 aliphatic heterocycles. The number of phenols is 1. The maximum atomic E-state index is 13.8. The van der Waals surface area contributed by atoms with Gasteiger partial charge in [-0.1, -0.05) is 12.1 Å². The van der Waals surface area contributed by atoms with Gasteiger partial charge < -0.3 is 19.3 Å². The summed E-state index contributed by atoms with van der Waals surface area (Å²) in [5.74, 6) is -0.934. The van der Waals surface area contributed by atoms with Gasteiger partial charge in [0.2, 0.25) is 6.79 Å². The van der Waals surface area contributed by atoms with E-state index >= 15 is 0 Å². The highest BCUT2D eigenvalue weighted by molar-refractivity contribution is 5.86. The number of hydrogen-bond donors (Lipinski definition) is 4. The molecule has 1 atom stereocenters. The fourth-order valence-corrected chi connectivity index (χ4v) is 2.92. The molecule has 3 rings (SSSR count). The molecule has 0 unspecified atom stereocenters. The predicted octanol–water partition coefficient (Wildman–Crippen LogP) is 3.78. The van der Waals surface area contributed by atoms with Crippen LogP contribution < -0.4 is 20.3 Å². The molecule has 0 aromatic heterocycles. The van der Waals surface area contributed by atoms with Gasteiger partial charge in [-0.3, -0.25) is 15.3 Å². The summed E-state index contributed by atoms with van der Waals surface area (Å²) in [6.07, 6.45) is 2.44. The third-order valence-electron chi connectivity index (χ3n) is 4.43. The van der Waals surface area contributed by atoms with Crippen molar-refractivity contribution in [2.24, 2.45) is 0 Å². The Balaban J connectivity index is 1.64. The first kappa shape index (κ1) is 21.9. The fraction of sp³-hybridized carbons (Fsp3) is 0.238. The number of ether oxygens (including phenoxy) is 3. The van der Waals surface area contributed by atoms with E-state index in [1.165, 1.54) is 23.7 Å². The SMILES string of the molecule is O=C(/C=C/CCC[C@H](OC(=O)Nc1ccc2c(c1)OCO2)c1ccc(O)c(F)c1)NO. The molecule has 4 N–H and O–H groups in total. The highest BCUT2D eigenvalue weighted by atomic mass is 19.1. The van der Waals surface area contributed by atoms with Gasteiger partial charge in [-0.05, 0) is 49.1 Å². The van der Waals surface area contributed by atoms with E-state index in [0.717, 1.165) is 6.07 Å². The Hall–Kier alpha value is -3.79. The molecule has 1 aliphatic rings. The quantitative estimate of drug-likeness (QED) is 0.216. The first-order valence-corrected chi connectivity index (χ1v) is 9.42. The van der Waals surface area contributed by atoms with E-state index in [1.54, 1.807) is 24.3 Å². The second-order valence-corrected chi connectivity index (χ2v) is 6.61. The van der Waals surface area contributed by atoms with E-state index in [2.05, 4.69) is 5.32 Å². The van der Waals surface area contributed by atoms with Crippen LogP contribution in [0.1, 0.15) is 30.9 Å². The summed E-state index contributed by atoms with van der Waals surface area (Å²) in [5, 5.41) is 20.5. The molecule has 164 valence electrons. The second-order valence-electron chi connectivity index (χ2n) is 6.61. The zero-order chi connectivity index (χ0) is 22.2. The van der Waals surface area contributed by atoms with E-state index in [-0.39, 0.29) is 6.79 Å². The number of fused-ring (bicyclic) bond motifs is 1. The van der Waals surface area contributed by atoms with Gasteiger partial charge in [-0.2, -0.15) is 0 Å². The number of benzene rings is 2. The van der Waals surface area contributed by atoms with Gasteiger partial charge in [0.25, 0.3) is 5.91 Å². The molecule has 0 bridgehead atoms. The molecule has 31 heavy (non-hydrogen) atoms. The summed E-state index contributed by atoms with van der Waals surface area (Å²) >= 11 is 0. The first-order valence-electron chi connectivity index (χ1n) is 9.42. The number of amides is 2. The minimum absolute atomic E-state index is 0.103. The molecule has 0 aliphatic carbocycles. The Labute approximate surface area is 177 Å². The van der Waals surface area contributed by atoms with Crippen LogP contribution in [0.5, 0.6) is 17.2 Å². The van der Waals surface area contributed by atoms with E-state index in [1.807, 2.05) is 0 Å². The molecule has 0 spiro atoms. The van der Waals surface area contributed by atoms with Crippen molar-refractivity contribution in [2.45, 2.75) is 25.4 Å². The number of carbonyl (C=O) groups excluding carboxylic acids is 2. The lowest BCUT2D eigenvalue weighted by Crippen LogP contribution is -2.18. The maximum absolute atomic E-state index is 13.8. The second kappa shape index (κ2) is 10.3. The molecule has 0 radical (unpaired) electrons. The molecule has 2 aromatic carbocycles. The minimum atomic E-state index is -0.832. The van der Waals surface area contributed by atoms with Crippen LogP contribution in [0.2, 0.25) is 0 Å². The number of hydrogen-bond acceptors (Lipinski definition) is 7. The van der Waals surface area contributed by atoms with Gasteiger partial charge in [0.05, 0.1) is 0 Å². The molecule has 9 nitrogen and oxygen atoms in total. The zero-order valence-corrected chi connectivity index (χ0v) is 16.3. The molecule has 2 aromatic rings. The van der Waals surface area contributed by atoms with Crippen molar-refractivity contribution < 1.29 is 38.5 Å². The van der Waals surface area contributed by atoms with Crippen molar-refractivity contribution in [1.29, 1.82) is 0 Å². The number of nitrogens with one attached hydrogen (secondary N) is 2. The van der Waals surface area contributed by atoms with Crippen LogP contribution in [-0.4, -0.2) is 29.1 Å². The van der Waals surface area contributed by atoms with Crippen LogP contribution >= 0.6 is 0 Å². The van der Waals surface area contributed by atoms with Crippen LogP contribution in [0, 0.1) is 5.82 Å². The number of carbonyl (C=O) groups is 2. The molecule has 0 saturated carbocycles. The normalized spacial score (nSPS) is 13.1. The lowest BCUT2D eigenvalue weighted by molar-refractivity contribution is -0.124. The summed E-state index contributed by atoms with van der Waals surface area (Å²) in [5.41, 5.74) is 2.28. The van der Waals surface area contributed by atoms with E-state index in [9.17, 15) is 19.1 Å². The number of hydroxylamine groups is 1. The molecular weight excluding hydrogens is 411 g/mol. The van der Waals surface area contributed by atoms with Crippen molar-refractivity contribution in [3.05, 3.63) is 59.9 Å². The number of anilines is 1. The van der Waals surface area contributed by atoms with Gasteiger partial charge >= 0.3 is 6.09 Å². The number of halogens is 1. The molecule has 0 fully saturated rings. The highest BCUT2D eigenvalue weighted by Gasteiger charge is 2.20. The molecule has 10 heteroatoms. The van der Waals surface area contributed by atoms with Gasteiger partial charge in [0, 0.05) is 17.8 Å². The molecule has 1 heterocycles. The van der Waals surface area contributed by atoms with Gasteiger partial charge in [-0.25, -0.2) is 14.7 Å². The monoisotopic (exact) mass is 432 g/mol. The van der Waals surface area contributed by atoms with Crippen LogP contribution in [0.4, 0.5) is 14.9 Å². The van der Waals surface area contributed by atoms with Crippen LogP contribution in [-0.2, 0) is 9.53 Å². The molecular formula is C21H21FN2O7. The Kier molecular flexibility index (Phi) is 7.28. The van der Waals surface area contributed by atoms with Crippen molar-refractivity contribution >= 4 is 17.7 Å². The fourth-order valence-electron chi connectivity index (χ4n) is 2.92. The Morgan fingerprint density at radius 3 is 2.77 bits per heavy atom. The zero-order valence-electron chi connectivity index (χ0n) is 16.3. The number of aromatic hydroxyl groups is 1. The average Bonchev–Trinajstić information content (AvgIpc) is 3.22. The van der Waals surface area contributed by atoms with Gasteiger partial charge in [-0.15, -0.1) is 0 Å². The van der Waals surface area contributed by atoms with Crippen LogP contribution in [0.15, 0.2) is 48.6 Å². The lowest BCUT2D eigenvalue weighted by Gasteiger charge is -2.19. The molecule has 2 amide bonds. The number of phenolic OH excluding ortho intramolecular Hbond substituents is 1. The third-order valence-corrected chi connectivity index (χ3v) is 4.43. The van der Waals surface area contributed by atoms with E-state index < -0.39 is 29.7 Å². The third kappa shape index (κ3) is 6.09. The highest BCUT2D eigenvalue weighted by Crippen LogP contribution is 2.34. The van der Waals surface area contributed by atoms with Gasteiger partial charge in [0.15, 0.2) is 23.1 Å². The Morgan fingerprint density at radius 2 is 2.00 bits per heavy atom. The lowest BCUT2D eigenvalue weighted by atomic mass is 10.0. The van der Waals surface area contributed by atoms with Gasteiger partial charge in [0.1, 0.15) is 6.10 Å². The number of allylic oxidation sites excluding steroid dienone is 1. The van der Waals surface area contributed by atoms with Crippen molar-refractivity contribution in [3.63, 3.8) is 0 Å². The average molecular weight is 432 g/mol. The summed E-state index contributed by atoms with van der Waals surface area (Å²) in [7, 11) is 0. The van der Waals surface area contributed by atoms with Crippen LogP contribution in [0.25, 0.3) is 0 Å². The maximum Gasteiger partial charge on any atom is 0.412 e. The standard InChI is InChI=1S/C21H21FN2O7/c22-15-10-13(6-8-16(15)25)17(4-2-1-3-5-20(26)24-28)31-21(27)23-14-7-9-18-19(11-14)30-12-29-18/h3,5-11,17,25,28H,1-2,4,12H2,(H,23,27)(H,24,26)/b5-3+/t17-/m0/s1. The van der Waals surface area contributed by atoms with Crippen molar-refractivity contribution in [3.8, 4) is 17.2 Å². The summed E-state index contributed by atoms with van der Waals surface area (Å²) in [6.45, 7) is 0.103. The smallest absolute Gasteiger partial charge is 0.412 e. The summed E-state index contributed by atoms with van der Waals surface area (Å²) < 4.78 is 29.8. The predicted molar refractivity (Wildman–Crippen MR) is 106 cm³/mol.